The summed E-state index contributed by atoms with van der Waals surface area (Å²) in [5.41, 5.74) is 21.6. The average molecular weight is 220 g/mol. The second kappa shape index (κ2) is 3.42. The van der Waals surface area contributed by atoms with E-state index in [-0.39, 0.29) is 35.4 Å². The molecule has 0 aliphatic heterocycles. The maximum absolute atomic E-state index is 5.40. The van der Waals surface area contributed by atoms with Crippen LogP contribution in [0.5, 0.6) is 0 Å². The molecule has 0 radical (unpaired) electrons. The van der Waals surface area contributed by atoms with Crippen LogP contribution in [0.3, 0.4) is 0 Å². The van der Waals surface area contributed by atoms with Crippen molar-refractivity contribution in [3.8, 4) is 11.6 Å². The van der Waals surface area contributed by atoms with E-state index in [1.807, 2.05) is 0 Å². The smallest absolute Gasteiger partial charge is 0.225 e. The van der Waals surface area contributed by atoms with Crippen LogP contribution in [0.2, 0.25) is 0 Å². The minimum atomic E-state index is -0.0416. The highest BCUT2D eigenvalue weighted by Gasteiger charge is 2.10. The number of hydrogen-bond acceptors (Lipinski definition) is 10. The van der Waals surface area contributed by atoms with Crippen molar-refractivity contribution in [1.29, 1.82) is 0 Å². The summed E-state index contributed by atoms with van der Waals surface area (Å²) in [5, 5.41) is 0. The molecule has 8 N–H and O–H groups in total. The fraction of sp³-hybridized carbons (Fsp3) is 0. The lowest BCUT2D eigenvalue weighted by Crippen LogP contribution is -2.09. The van der Waals surface area contributed by atoms with E-state index in [1.165, 1.54) is 0 Å². The summed E-state index contributed by atoms with van der Waals surface area (Å²) in [5.74, 6) is 0.0109. The first kappa shape index (κ1) is 9.76. The Morgan fingerprint density at radius 2 is 0.688 bits per heavy atom. The molecule has 2 rings (SSSR count). The molecule has 16 heavy (non-hydrogen) atoms. The number of hydrogen-bond donors (Lipinski definition) is 4. The van der Waals surface area contributed by atoms with Crippen molar-refractivity contribution in [2.24, 2.45) is 0 Å². The Morgan fingerprint density at radius 3 is 0.938 bits per heavy atom. The first-order valence-corrected chi connectivity index (χ1v) is 4.09. The van der Waals surface area contributed by atoms with Crippen molar-refractivity contribution in [2.75, 3.05) is 22.9 Å². The minimum Gasteiger partial charge on any atom is -0.368 e. The van der Waals surface area contributed by atoms with E-state index in [4.69, 9.17) is 22.9 Å². The fourth-order valence-corrected chi connectivity index (χ4v) is 1.02. The van der Waals surface area contributed by atoms with Crippen LogP contribution in [0.4, 0.5) is 23.8 Å². The molecule has 2 heterocycles. The largest absolute Gasteiger partial charge is 0.368 e. The van der Waals surface area contributed by atoms with Gasteiger partial charge in [0.2, 0.25) is 35.4 Å². The van der Waals surface area contributed by atoms with Gasteiger partial charge in [0.05, 0.1) is 0 Å². The molecule has 0 fully saturated rings. The highest BCUT2D eigenvalue weighted by atomic mass is 15.2. The number of nitrogen functional groups attached to an aromatic ring is 4. The van der Waals surface area contributed by atoms with E-state index >= 15 is 0 Å². The summed E-state index contributed by atoms with van der Waals surface area (Å²) < 4.78 is 0. The molecule has 0 amide bonds. The van der Waals surface area contributed by atoms with Gasteiger partial charge in [0, 0.05) is 0 Å². The van der Waals surface area contributed by atoms with Gasteiger partial charge in [0.15, 0.2) is 0 Å². The molecular weight excluding hydrogens is 212 g/mol. The van der Waals surface area contributed by atoms with Gasteiger partial charge in [-0.3, -0.25) is 0 Å². The zero-order chi connectivity index (χ0) is 11.7. The van der Waals surface area contributed by atoms with Crippen molar-refractivity contribution in [3.05, 3.63) is 0 Å². The quantitative estimate of drug-likeness (QED) is 0.421. The molecule has 10 heteroatoms. The summed E-state index contributed by atoms with van der Waals surface area (Å²) in [6, 6.07) is 0. The zero-order valence-corrected chi connectivity index (χ0v) is 7.99. The SMILES string of the molecule is Nc1nc(N)nc(-c2nc(N)nc(N)n2)n1. The highest BCUT2D eigenvalue weighted by Crippen LogP contribution is 2.12. The second-order valence-corrected chi connectivity index (χ2v) is 2.75. The summed E-state index contributed by atoms with van der Waals surface area (Å²) in [7, 11) is 0. The van der Waals surface area contributed by atoms with Crippen LogP contribution in [0.15, 0.2) is 0 Å². The van der Waals surface area contributed by atoms with Gasteiger partial charge in [-0.1, -0.05) is 0 Å². The third-order valence-electron chi connectivity index (χ3n) is 1.54. The molecule has 0 atom stereocenters. The first-order valence-electron chi connectivity index (χ1n) is 4.09. The highest BCUT2D eigenvalue weighted by molar-refractivity contribution is 5.50. The minimum absolute atomic E-state index is 0.0416. The summed E-state index contributed by atoms with van der Waals surface area (Å²) in [6.45, 7) is 0. The van der Waals surface area contributed by atoms with Crippen LogP contribution < -0.4 is 22.9 Å². The molecular formula is C6H8N10. The summed E-state index contributed by atoms with van der Waals surface area (Å²) in [6.07, 6.45) is 0. The van der Waals surface area contributed by atoms with Crippen LogP contribution in [0.25, 0.3) is 11.6 Å². The van der Waals surface area contributed by atoms with Crippen LogP contribution in [0.1, 0.15) is 0 Å². The van der Waals surface area contributed by atoms with Gasteiger partial charge in [0.25, 0.3) is 0 Å². The molecule has 0 saturated heterocycles. The Labute approximate surface area is 89.2 Å². The molecule has 0 aliphatic rings. The standard InChI is InChI=1S/C6H8N10/c7-3-11-1(12-4(8)15-3)2-13-5(9)16-6(10)14-2/h(H4,7,8,11,12,15)(H4,9,10,13,14,16). The van der Waals surface area contributed by atoms with E-state index in [0.717, 1.165) is 0 Å². The average Bonchev–Trinajstić information content (AvgIpc) is 2.14. The Balaban J connectivity index is 2.57. The normalized spacial score (nSPS) is 10.2. The molecule has 0 unspecified atom stereocenters. The Kier molecular flexibility index (Phi) is 2.08. The van der Waals surface area contributed by atoms with Crippen LogP contribution in [-0.2, 0) is 0 Å². The third-order valence-corrected chi connectivity index (χ3v) is 1.54. The van der Waals surface area contributed by atoms with E-state index in [9.17, 15) is 0 Å². The van der Waals surface area contributed by atoms with Gasteiger partial charge >= 0.3 is 0 Å². The lowest BCUT2D eigenvalue weighted by Gasteiger charge is -2.01. The first-order chi connectivity index (χ1) is 7.54. The molecule has 2 aromatic heterocycles. The lowest BCUT2D eigenvalue weighted by atomic mass is 10.5. The fourth-order valence-electron chi connectivity index (χ4n) is 1.02. The number of nitrogens with two attached hydrogens (primary N) is 4. The van der Waals surface area contributed by atoms with Crippen molar-refractivity contribution < 1.29 is 0 Å². The predicted octanol–water partition coefficient (Wildman–Crippen LogP) is -1.95. The van der Waals surface area contributed by atoms with Crippen LogP contribution in [-0.4, -0.2) is 29.9 Å². The van der Waals surface area contributed by atoms with Gasteiger partial charge in [-0.05, 0) is 0 Å². The molecule has 82 valence electrons. The summed E-state index contributed by atoms with van der Waals surface area (Å²) >= 11 is 0. The zero-order valence-electron chi connectivity index (χ0n) is 7.99. The predicted molar refractivity (Wildman–Crippen MR) is 56.3 cm³/mol. The van der Waals surface area contributed by atoms with Gasteiger partial charge in [-0.25, -0.2) is 0 Å². The van der Waals surface area contributed by atoms with Crippen molar-refractivity contribution >= 4 is 23.8 Å². The van der Waals surface area contributed by atoms with Crippen molar-refractivity contribution in [2.45, 2.75) is 0 Å². The van der Waals surface area contributed by atoms with E-state index in [0.29, 0.717) is 0 Å². The molecule has 0 spiro atoms. The van der Waals surface area contributed by atoms with Gasteiger partial charge in [-0.15, -0.1) is 0 Å². The van der Waals surface area contributed by atoms with E-state index < -0.39 is 0 Å². The lowest BCUT2D eigenvalue weighted by molar-refractivity contribution is 1.01. The monoisotopic (exact) mass is 220 g/mol. The van der Waals surface area contributed by atoms with E-state index in [2.05, 4.69) is 29.9 Å². The Bertz CT molecular complexity index is 447. The Morgan fingerprint density at radius 1 is 0.438 bits per heavy atom. The van der Waals surface area contributed by atoms with Crippen LogP contribution >= 0.6 is 0 Å². The van der Waals surface area contributed by atoms with Crippen molar-refractivity contribution in [3.63, 3.8) is 0 Å². The van der Waals surface area contributed by atoms with Gasteiger partial charge in [-0.2, -0.15) is 29.9 Å². The number of nitrogens with zero attached hydrogens (tertiary/aromatic N) is 6. The topological polar surface area (TPSA) is 181 Å². The third kappa shape index (κ3) is 1.84. The van der Waals surface area contributed by atoms with Crippen LogP contribution in [0, 0.1) is 0 Å². The molecule has 0 aromatic carbocycles. The summed E-state index contributed by atoms with van der Waals surface area (Å²) in [4.78, 5) is 22.4. The molecule has 0 bridgehead atoms. The second-order valence-electron chi connectivity index (χ2n) is 2.75. The number of anilines is 4. The Hall–Kier alpha value is -2.78. The maximum atomic E-state index is 5.40. The molecule has 0 saturated carbocycles. The molecule has 2 aromatic rings. The van der Waals surface area contributed by atoms with Gasteiger partial charge in [0.1, 0.15) is 0 Å². The van der Waals surface area contributed by atoms with E-state index in [1.54, 1.807) is 0 Å². The van der Waals surface area contributed by atoms with Crippen molar-refractivity contribution in [1.82, 2.24) is 29.9 Å². The maximum Gasteiger partial charge on any atom is 0.225 e. The number of rotatable bonds is 1. The van der Waals surface area contributed by atoms with Gasteiger partial charge < -0.3 is 22.9 Å². The number of aromatic nitrogens is 6. The molecule has 10 nitrogen and oxygen atoms in total. The molecule has 0 aliphatic carbocycles.